The van der Waals surface area contributed by atoms with Gasteiger partial charge in [-0.05, 0) is 40.5 Å². The SMILES string of the molecule is COCCn1nccc1C(=O)c1cccc(C)c1Br. The van der Waals surface area contributed by atoms with E-state index in [1.54, 1.807) is 24.1 Å². The zero-order valence-corrected chi connectivity index (χ0v) is 12.5. The molecule has 2 aromatic rings. The van der Waals surface area contributed by atoms with Gasteiger partial charge >= 0.3 is 0 Å². The second-order valence-corrected chi connectivity index (χ2v) is 4.99. The summed E-state index contributed by atoms with van der Waals surface area (Å²) in [6.45, 7) is 3.05. The van der Waals surface area contributed by atoms with Gasteiger partial charge in [-0.25, -0.2) is 0 Å². The van der Waals surface area contributed by atoms with Crippen LogP contribution in [0, 0.1) is 6.92 Å². The van der Waals surface area contributed by atoms with E-state index in [4.69, 9.17) is 4.74 Å². The van der Waals surface area contributed by atoms with Crippen molar-refractivity contribution in [2.45, 2.75) is 13.5 Å². The molecule has 0 amide bonds. The molecule has 0 saturated heterocycles. The molecule has 5 heteroatoms. The van der Waals surface area contributed by atoms with Crippen molar-refractivity contribution in [3.8, 4) is 0 Å². The number of halogens is 1. The molecule has 0 spiro atoms. The molecule has 0 bridgehead atoms. The van der Waals surface area contributed by atoms with Crippen LogP contribution in [0.2, 0.25) is 0 Å². The fourth-order valence-corrected chi connectivity index (χ4v) is 2.29. The van der Waals surface area contributed by atoms with Crippen LogP contribution in [0.1, 0.15) is 21.6 Å². The number of rotatable bonds is 5. The number of ketones is 1. The molecule has 0 atom stereocenters. The first kappa shape index (κ1) is 14.0. The Labute approximate surface area is 120 Å². The maximum atomic E-state index is 12.5. The summed E-state index contributed by atoms with van der Waals surface area (Å²) in [5.41, 5.74) is 2.26. The molecule has 1 aromatic heterocycles. The van der Waals surface area contributed by atoms with Gasteiger partial charge in [0, 0.05) is 23.3 Å². The molecule has 1 heterocycles. The molecule has 2 rings (SSSR count). The molecular formula is C14H15BrN2O2. The smallest absolute Gasteiger partial charge is 0.212 e. The van der Waals surface area contributed by atoms with Crippen molar-refractivity contribution < 1.29 is 9.53 Å². The van der Waals surface area contributed by atoms with Gasteiger partial charge in [0.25, 0.3) is 0 Å². The minimum Gasteiger partial charge on any atom is -0.383 e. The quantitative estimate of drug-likeness (QED) is 0.795. The molecule has 0 saturated carbocycles. The average molecular weight is 323 g/mol. The monoisotopic (exact) mass is 322 g/mol. The molecule has 0 fully saturated rings. The second-order valence-electron chi connectivity index (χ2n) is 4.20. The number of methoxy groups -OCH3 is 1. The normalized spacial score (nSPS) is 10.7. The molecule has 4 nitrogen and oxygen atoms in total. The maximum absolute atomic E-state index is 12.5. The number of hydrogen-bond acceptors (Lipinski definition) is 3. The van der Waals surface area contributed by atoms with Crippen molar-refractivity contribution in [2.24, 2.45) is 0 Å². The number of benzene rings is 1. The van der Waals surface area contributed by atoms with Gasteiger partial charge in [0.2, 0.25) is 5.78 Å². The van der Waals surface area contributed by atoms with Crippen LogP contribution >= 0.6 is 15.9 Å². The summed E-state index contributed by atoms with van der Waals surface area (Å²) in [6.07, 6.45) is 1.63. The summed E-state index contributed by atoms with van der Waals surface area (Å²) in [5.74, 6) is -0.0378. The van der Waals surface area contributed by atoms with Gasteiger partial charge in [-0.2, -0.15) is 5.10 Å². The highest BCUT2D eigenvalue weighted by Crippen LogP contribution is 2.23. The van der Waals surface area contributed by atoms with E-state index in [0.29, 0.717) is 24.4 Å². The molecule has 0 aliphatic carbocycles. The number of carbonyl (C=O) groups excluding carboxylic acids is 1. The third kappa shape index (κ3) is 2.93. The first-order valence-electron chi connectivity index (χ1n) is 5.95. The fraction of sp³-hybridized carbons (Fsp3) is 0.286. The molecule has 1 aromatic carbocycles. The number of aromatic nitrogens is 2. The van der Waals surface area contributed by atoms with Gasteiger partial charge in [0.05, 0.1) is 13.2 Å². The topological polar surface area (TPSA) is 44.1 Å². The van der Waals surface area contributed by atoms with Gasteiger partial charge in [0.15, 0.2) is 0 Å². The number of nitrogens with zero attached hydrogens (tertiary/aromatic N) is 2. The summed E-state index contributed by atoms with van der Waals surface area (Å²) < 4.78 is 7.52. The number of aryl methyl sites for hydroxylation is 1. The highest BCUT2D eigenvalue weighted by atomic mass is 79.9. The van der Waals surface area contributed by atoms with Crippen molar-refractivity contribution in [3.63, 3.8) is 0 Å². The lowest BCUT2D eigenvalue weighted by Crippen LogP contribution is -2.14. The lowest BCUT2D eigenvalue weighted by Gasteiger charge is -2.08. The Bertz CT molecular complexity index is 593. The second kappa shape index (κ2) is 6.12. The van der Waals surface area contributed by atoms with Crippen LogP contribution in [0.4, 0.5) is 0 Å². The van der Waals surface area contributed by atoms with Crippen LogP contribution in [0.15, 0.2) is 34.9 Å². The Hall–Kier alpha value is -1.46. The molecule has 19 heavy (non-hydrogen) atoms. The highest BCUT2D eigenvalue weighted by Gasteiger charge is 2.17. The molecule has 0 aliphatic rings. The van der Waals surface area contributed by atoms with Crippen molar-refractivity contribution in [3.05, 3.63) is 51.8 Å². The highest BCUT2D eigenvalue weighted by molar-refractivity contribution is 9.10. The molecule has 100 valence electrons. The zero-order valence-electron chi connectivity index (χ0n) is 10.9. The van der Waals surface area contributed by atoms with Gasteiger partial charge in [-0.3, -0.25) is 9.48 Å². The van der Waals surface area contributed by atoms with Crippen LogP contribution in [-0.4, -0.2) is 29.3 Å². The van der Waals surface area contributed by atoms with E-state index in [1.807, 2.05) is 25.1 Å². The van der Waals surface area contributed by atoms with E-state index in [0.717, 1.165) is 10.0 Å². The molecule has 0 aliphatic heterocycles. The Balaban J connectivity index is 2.34. The Morgan fingerprint density at radius 3 is 2.95 bits per heavy atom. The van der Waals surface area contributed by atoms with E-state index in [2.05, 4.69) is 21.0 Å². The van der Waals surface area contributed by atoms with E-state index < -0.39 is 0 Å². The minimum atomic E-state index is -0.0378. The van der Waals surface area contributed by atoms with E-state index in [9.17, 15) is 4.79 Å². The Morgan fingerprint density at radius 2 is 2.21 bits per heavy atom. The summed E-state index contributed by atoms with van der Waals surface area (Å²) >= 11 is 3.47. The summed E-state index contributed by atoms with van der Waals surface area (Å²) in [6, 6.07) is 7.38. The van der Waals surface area contributed by atoms with Crippen molar-refractivity contribution in [2.75, 3.05) is 13.7 Å². The van der Waals surface area contributed by atoms with Crippen molar-refractivity contribution in [1.82, 2.24) is 9.78 Å². The maximum Gasteiger partial charge on any atom is 0.212 e. The molecule has 0 radical (unpaired) electrons. The van der Waals surface area contributed by atoms with Crippen molar-refractivity contribution >= 4 is 21.7 Å². The Morgan fingerprint density at radius 1 is 1.42 bits per heavy atom. The first-order chi connectivity index (χ1) is 9.15. The summed E-state index contributed by atoms with van der Waals surface area (Å²) in [5, 5.41) is 4.15. The summed E-state index contributed by atoms with van der Waals surface area (Å²) in [7, 11) is 1.63. The van der Waals surface area contributed by atoms with E-state index in [1.165, 1.54) is 0 Å². The van der Waals surface area contributed by atoms with Crippen LogP contribution in [-0.2, 0) is 11.3 Å². The minimum absolute atomic E-state index is 0.0378. The van der Waals surface area contributed by atoms with Crippen LogP contribution < -0.4 is 0 Å². The summed E-state index contributed by atoms with van der Waals surface area (Å²) in [4.78, 5) is 12.5. The van der Waals surface area contributed by atoms with Gasteiger partial charge < -0.3 is 4.74 Å². The number of ether oxygens (including phenoxy) is 1. The molecule has 0 unspecified atom stereocenters. The zero-order chi connectivity index (χ0) is 13.8. The fourth-order valence-electron chi connectivity index (χ4n) is 1.84. The van der Waals surface area contributed by atoms with Crippen molar-refractivity contribution in [1.29, 1.82) is 0 Å². The lowest BCUT2D eigenvalue weighted by molar-refractivity contribution is 0.102. The van der Waals surface area contributed by atoms with E-state index in [-0.39, 0.29) is 5.78 Å². The molecular weight excluding hydrogens is 308 g/mol. The van der Waals surface area contributed by atoms with Crippen LogP contribution in [0.25, 0.3) is 0 Å². The van der Waals surface area contributed by atoms with Crippen LogP contribution in [0.3, 0.4) is 0 Å². The van der Waals surface area contributed by atoms with Crippen LogP contribution in [0.5, 0.6) is 0 Å². The lowest BCUT2D eigenvalue weighted by atomic mass is 10.1. The largest absolute Gasteiger partial charge is 0.383 e. The third-order valence-electron chi connectivity index (χ3n) is 2.89. The standard InChI is InChI=1S/C14H15BrN2O2/c1-10-4-3-5-11(13(10)15)14(18)12-6-7-16-17(12)8-9-19-2/h3-7H,8-9H2,1-2H3. The predicted octanol–water partition coefficient (Wildman–Crippen LogP) is 2.83. The predicted molar refractivity (Wildman–Crippen MR) is 76.4 cm³/mol. The Kier molecular flexibility index (Phi) is 4.50. The van der Waals surface area contributed by atoms with Gasteiger partial charge in [0.1, 0.15) is 5.69 Å². The van der Waals surface area contributed by atoms with Gasteiger partial charge in [-0.15, -0.1) is 0 Å². The third-order valence-corrected chi connectivity index (χ3v) is 3.95. The van der Waals surface area contributed by atoms with E-state index >= 15 is 0 Å². The number of carbonyl (C=O) groups is 1. The first-order valence-corrected chi connectivity index (χ1v) is 6.75. The molecule has 0 N–H and O–H groups in total. The number of hydrogen-bond donors (Lipinski definition) is 0. The van der Waals surface area contributed by atoms with Gasteiger partial charge in [-0.1, -0.05) is 12.1 Å². The average Bonchev–Trinajstić information content (AvgIpc) is 2.87.